The molecule has 0 saturated carbocycles. The molecule has 0 fully saturated rings. The molecule has 1 amide bonds. The minimum Gasteiger partial charge on any atom is -0.347 e. The lowest BCUT2D eigenvalue weighted by Crippen LogP contribution is -2.25. The lowest BCUT2D eigenvalue weighted by Gasteiger charge is -2.07. The molecule has 0 radical (unpaired) electrons. The number of nitrogens with one attached hydrogen (secondary N) is 1. The molecule has 7 nitrogen and oxygen atoms in total. The summed E-state index contributed by atoms with van der Waals surface area (Å²) >= 11 is 0. The number of amides is 1. The molecule has 0 unspecified atom stereocenters. The van der Waals surface area contributed by atoms with Gasteiger partial charge in [0.15, 0.2) is 23.1 Å². The molecule has 3 N–H and O–H groups in total. The molecule has 1 atom stereocenters. The predicted octanol–water partition coefficient (Wildman–Crippen LogP) is 3.85. The van der Waals surface area contributed by atoms with Gasteiger partial charge in [-0.3, -0.25) is 9.59 Å². The van der Waals surface area contributed by atoms with Gasteiger partial charge in [0.2, 0.25) is 0 Å². The number of ketones is 1. The Morgan fingerprint density at radius 2 is 1.79 bits per heavy atom. The summed E-state index contributed by atoms with van der Waals surface area (Å²) in [5.74, 6) is -2.74. The number of aromatic nitrogens is 3. The van der Waals surface area contributed by atoms with Gasteiger partial charge in [0.25, 0.3) is 5.91 Å². The van der Waals surface area contributed by atoms with Crippen LogP contribution in [0.2, 0.25) is 0 Å². The zero-order valence-corrected chi connectivity index (χ0v) is 18.1. The maximum Gasteiger partial charge on any atom is 0.270 e. The summed E-state index contributed by atoms with van der Waals surface area (Å²) in [5, 5.41) is 6.53. The maximum atomic E-state index is 13.2. The number of nitrogens with two attached hydrogens (primary N) is 1. The maximum absolute atomic E-state index is 13.2. The van der Waals surface area contributed by atoms with Crippen molar-refractivity contribution >= 4 is 17.3 Å². The van der Waals surface area contributed by atoms with Gasteiger partial charge in [-0.15, -0.1) is 0 Å². The van der Waals surface area contributed by atoms with Crippen LogP contribution in [0.25, 0.3) is 5.65 Å². The third-order valence-electron chi connectivity index (χ3n) is 4.72. The van der Waals surface area contributed by atoms with E-state index in [1.807, 2.05) is 37.3 Å². The summed E-state index contributed by atoms with van der Waals surface area (Å²) in [6.45, 7) is 3.34. The third kappa shape index (κ3) is 6.05. The van der Waals surface area contributed by atoms with Crippen molar-refractivity contribution in [3.05, 3.63) is 101 Å². The fraction of sp³-hybridized carbons (Fsp3) is 0.167. The van der Waals surface area contributed by atoms with Crippen LogP contribution in [0.4, 0.5) is 8.78 Å². The van der Waals surface area contributed by atoms with Crippen molar-refractivity contribution in [3.8, 4) is 0 Å². The lowest BCUT2D eigenvalue weighted by molar-refractivity contribution is 0.0946. The van der Waals surface area contributed by atoms with Crippen molar-refractivity contribution in [2.24, 2.45) is 5.73 Å². The number of Topliss-reactive ketones (excluding diaryl/α,β-unsaturated/α-hetero) is 1. The molecule has 4 aromatic rings. The van der Waals surface area contributed by atoms with E-state index in [1.165, 1.54) is 35.3 Å². The summed E-state index contributed by atoms with van der Waals surface area (Å²) in [4.78, 5) is 28.0. The standard InChI is InChI=1S/C16H12F2N4O2.C8H11N/c1-9(23)14-7-13(21-15-4-5-20-22(14)15)16(24)19-8-10-2-3-11(17)12(18)6-10;1-7(9)8-5-3-2-4-6-8/h2-7H,8H2,1H3,(H,19,24);2-7H,9H2,1H3/t;7-/m.1/s1. The van der Waals surface area contributed by atoms with E-state index in [9.17, 15) is 18.4 Å². The molecule has 170 valence electrons. The van der Waals surface area contributed by atoms with Gasteiger partial charge in [0.05, 0.1) is 6.20 Å². The highest BCUT2D eigenvalue weighted by Gasteiger charge is 2.15. The number of hydrogen-bond donors (Lipinski definition) is 2. The van der Waals surface area contributed by atoms with E-state index in [0.717, 1.165) is 12.1 Å². The second-order valence-corrected chi connectivity index (χ2v) is 7.31. The van der Waals surface area contributed by atoms with Gasteiger partial charge in [-0.25, -0.2) is 18.3 Å². The zero-order chi connectivity index (χ0) is 24.0. The largest absolute Gasteiger partial charge is 0.347 e. The molecule has 0 spiro atoms. The first-order valence-electron chi connectivity index (χ1n) is 10.1. The molecule has 2 heterocycles. The van der Waals surface area contributed by atoms with E-state index < -0.39 is 17.5 Å². The average molecular weight is 451 g/mol. The summed E-state index contributed by atoms with van der Waals surface area (Å²) in [6, 6.07) is 16.5. The van der Waals surface area contributed by atoms with Gasteiger partial charge in [-0.05, 0) is 36.2 Å². The topological polar surface area (TPSA) is 102 Å². The van der Waals surface area contributed by atoms with Crippen LogP contribution < -0.4 is 11.1 Å². The van der Waals surface area contributed by atoms with Crippen molar-refractivity contribution in [1.29, 1.82) is 0 Å². The predicted molar refractivity (Wildman–Crippen MR) is 120 cm³/mol. The molecular formula is C24H23F2N5O2. The second-order valence-electron chi connectivity index (χ2n) is 7.31. The van der Waals surface area contributed by atoms with Crippen molar-refractivity contribution in [2.75, 3.05) is 0 Å². The first-order valence-corrected chi connectivity index (χ1v) is 10.1. The molecule has 9 heteroatoms. The number of hydrogen-bond acceptors (Lipinski definition) is 5. The number of carbonyl (C=O) groups excluding carboxylic acids is 2. The van der Waals surface area contributed by atoms with Gasteiger partial charge in [0, 0.05) is 25.6 Å². The number of carbonyl (C=O) groups is 2. The van der Waals surface area contributed by atoms with Crippen molar-refractivity contribution in [1.82, 2.24) is 19.9 Å². The van der Waals surface area contributed by atoms with Crippen molar-refractivity contribution < 1.29 is 18.4 Å². The Morgan fingerprint density at radius 3 is 2.39 bits per heavy atom. The number of fused-ring (bicyclic) bond motifs is 1. The normalized spacial score (nSPS) is 11.4. The minimum atomic E-state index is -0.987. The molecule has 0 aliphatic carbocycles. The Morgan fingerprint density at radius 1 is 1.06 bits per heavy atom. The van der Waals surface area contributed by atoms with E-state index in [0.29, 0.717) is 11.2 Å². The smallest absolute Gasteiger partial charge is 0.270 e. The molecule has 2 aromatic heterocycles. The Labute approximate surface area is 189 Å². The monoisotopic (exact) mass is 451 g/mol. The van der Waals surface area contributed by atoms with Crippen LogP contribution in [0.5, 0.6) is 0 Å². The second kappa shape index (κ2) is 10.6. The third-order valence-corrected chi connectivity index (χ3v) is 4.72. The van der Waals surface area contributed by atoms with Gasteiger partial charge in [-0.1, -0.05) is 36.4 Å². The van der Waals surface area contributed by atoms with Crippen LogP contribution in [0, 0.1) is 11.6 Å². The van der Waals surface area contributed by atoms with Crippen LogP contribution in [-0.2, 0) is 6.54 Å². The Bertz CT molecular complexity index is 1270. The highest BCUT2D eigenvalue weighted by Crippen LogP contribution is 2.11. The van der Waals surface area contributed by atoms with Gasteiger partial charge in [-0.2, -0.15) is 5.10 Å². The van der Waals surface area contributed by atoms with Crippen LogP contribution >= 0.6 is 0 Å². The molecule has 0 aliphatic heterocycles. The molecule has 2 aromatic carbocycles. The molecule has 4 rings (SSSR count). The highest BCUT2D eigenvalue weighted by molar-refractivity contribution is 5.98. The minimum absolute atomic E-state index is 0.00242. The summed E-state index contributed by atoms with van der Waals surface area (Å²) in [5.41, 5.74) is 7.83. The number of benzene rings is 2. The van der Waals surface area contributed by atoms with Crippen LogP contribution in [0.3, 0.4) is 0 Å². The molecular weight excluding hydrogens is 428 g/mol. The average Bonchev–Trinajstić information content (AvgIpc) is 3.28. The van der Waals surface area contributed by atoms with Gasteiger partial charge >= 0.3 is 0 Å². The van der Waals surface area contributed by atoms with Crippen LogP contribution in [-0.4, -0.2) is 26.3 Å². The van der Waals surface area contributed by atoms with E-state index in [4.69, 9.17) is 5.73 Å². The summed E-state index contributed by atoms with van der Waals surface area (Å²) in [6.07, 6.45) is 1.47. The number of rotatable bonds is 5. The van der Waals surface area contributed by atoms with E-state index >= 15 is 0 Å². The van der Waals surface area contributed by atoms with E-state index in [2.05, 4.69) is 15.4 Å². The summed E-state index contributed by atoms with van der Waals surface area (Å²) < 4.78 is 27.4. The SMILES string of the molecule is CC(=O)c1cc(C(=O)NCc2ccc(F)c(F)c2)nc2ccnn12.C[C@@H](N)c1ccccc1. The lowest BCUT2D eigenvalue weighted by atomic mass is 10.1. The van der Waals surface area contributed by atoms with Crippen molar-refractivity contribution in [3.63, 3.8) is 0 Å². The first kappa shape index (κ1) is 23.7. The van der Waals surface area contributed by atoms with E-state index in [1.54, 1.807) is 6.07 Å². The Hall–Kier alpha value is -3.98. The highest BCUT2D eigenvalue weighted by atomic mass is 19.2. The molecule has 33 heavy (non-hydrogen) atoms. The number of nitrogens with zero attached hydrogens (tertiary/aromatic N) is 3. The van der Waals surface area contributed by atoms with Gasteiger partial charge in [0.1, 0.15) is 11.4 Å². The fourth-order valence-electron chi connectivity index (χ4n) is 2.96. The molecule has 0 aliphatic rings. The molecule has 0 saturated heterocycles. The quantitative estimate of drug-likeness (QED) is 0.449. The molecule has 0 bridgehead atoms. The Balaban J connectivity index is 0.000000286. The van der Waals surface area contributed by atoms with Gasteiger partial charge < -0.3 is 11.1 Å². The van der Waals surface area contributed by atoms with E-state index in [-0.39, 0.29) is 29.8 Å². The van der Waals surface area contributed by atoms with Crippen LogP contribution in [0.15, 0.2) is 66.9 Å². The summed E-state index contributed by atoms with van der Waals surface area (Å²) in [7, 11) is 0. The zero-order valence-electron chi connectivity index (χ0n) is 18.1. The first-order chi connectivity index (χ1) is 15.8. The fourth-order valence-corrected chi connectivity index (χ4v) is 2.96. The van der Waals surface area contributed by atoms with Crippen molar-refractivity contribution in [2.45, 2.75) is 26.4 Å². The number of halogens is 2. The Kier molecular flexibility index (Phi) is 7.57. The van der Waals surface area contributed by atoms with Crippen LogP contribution in [0.1, 0.15) is 52.0 Å².